The molecule has 0 fully saturated rings. The second kappa shape index (κ2) is 11.8. The molecule has 182 valence electrons. The molecule has 1 aromatic heterocycles. The van der Waals surface area contributed by atoms with Crippen molar-refractivity contribution in [2.75, 3.05) is 32.2 Å². The molecule has 0 aliphatic rings. The standard InChI is InChI=1S/C23H28N3O7P/c1-4-31-34(29,32-5-2)23-22(24-15-14-17-8-12-20(30-3)13-9-17)33-21(25-23)16-18-6-10-19(11-7-18)26(27)28/h6-13,24H,4-5,14-16H2,1-3H3. The molecular formula is C23H28N3O7P. The summed E-state index contributed by atoms with van der Waals surface area (Å²) < 4.78 is 35.5. The topological polar surface area (TPSA) is 126 Å². The number of methoxy groups -OCH3 is 1. The van der Waals surface area contributed by atoms with E-state index in [-0.39, 0.29) is 42.5 Å². The van der Waals surface area contributed by atoms with Gasteiger partial charge in [-0.2, -0.15) is 0 Å². The minimum absolute atomic E-state index is 0.00470. The van der Waals surface area contributed by atoms with E-state index in [2.05, 4.69) is 10.3 Å². The van der Waals surface area contributed by atoms with Crippen LogP contribution >= 0.6 is 7.60 Å². The summed E-state index contributed by atoms with van der Waals surface area (Å²) in [7, 11) is -2.09. The fourth-order valence-corrected chi connectivity index (χ4v) is 4.86. The highest BCUT2D eigenvalue weighted by atomic mass is 31.2. The number of hydrogen-bond donors (Lipinski definition) is 1. The van der Waals surface area contributed by atoms with Gasteiger partial charge >= 0.3 is 7.60 Å². The minimum Gasteiger partial charge on any atom is -0.497 e. The second-order valence-electron chi connectivity index (χ2n) is 7.22. The number of nitrogens with one attached hydrogen (secondary N) is 1. The van der Waals surface area contributed by atoms with Crippen LogP contribution in [0, 0.1) is 10.1 Å². The molecule has 0 amide bonds. The highest BCUT2D eigenvalue weighted by Gasteiger charge is 2.35. The van der Waals surface area contributed by atoms with Gasteiger partial charge in [-0.05, 0) is 43.5 Å². The normalized spacial score (nSPS) is 11.4. The Hall–Kier alpha value is -3.20. The van der Waals surface area contributed by atoms with E-state index in [1.807, 2.05) is 24.3 Å². The van der Waals surface area contributed by atoms with Crippen molar-refractivity contribution in [3.8, 4) is 5.75 Å². The van der Waals surface area contributed by atoms with Crippen LogP contribution in [0.5, 0.6) is 5.75 Å². The Labute approximate surface area is 197 Å². The minimum atomic E-state index is -3.71. The molecule has 34 heavy (non-hydrogen) atoms. The molecule has 0 aliphatic carbocycles. The first-order valence-corrected chi connectivity index (χ1v) is 12.4. The third kappa shape index (κ3) is 6.44. The third-order valence-electron chi connectivity index (χ3n) is 4.87. The van der Waals surface area contributed by atoms with E-state index in [1.165, 1.54) is 12.1 Å². The van der Waals surface area contributed by atoms with Gasteiger partial charge in [0.05, 0.1) is 25.2 Å². The van der Waals surface area contributed by atoms with E-state index in [4.69, 9.17) is 18.2 Å². The first-order chi connectivity index (χ1) is 16.4. The summed E-state index contributed by atoms with van der Waals surface area (Å²) in [5.41, 5.74) is 1.92. The summed E-state index contributed by atoms with van der Waals surface area (Å²) in [6.07, 6.45) is 0.929. The Morgan fingerprint density at radius 3 is 2.21 bits per heavy atom. The van der Waals surface area contributed by atoms with Crippen molar-refractivity contribution in [1.82, 2.24) is 4.98 Å². The van der Waals surface area contributed by atoms with E-state index in [0.717, 1.165) is 16.9 Å². The smallest absolute Gasteiger partial charge is 0.385 e. The largest absolute Gasteiger partial charge is 0.497 e. The quantitative estimate of drug-likeness (QED) is 0.206. The van der Waals surface area contributed by atoms with Gasteiger partial charge in [0, 0.05) is 25.1 Å². The van der Waals surface area contributed by atoms with Gasteiger partial charge in [-0.25, -0.2) is 4.98 Å². The molecule has 1 heterocycles. The van der Waals surface area contributed by atoms with Gasteiger partial charge in [0.25, 0.3) is 5.69 Å². The summed E-state index contributed by atoms with van der Waals surface area (Å²) in [6, 6.07) is 13.8. The van der Waals surface area contributed by atoms with Gasteiger partial charge < -0.3 is 23.5 Å². The van der Waals surface area contributed by atoms with Crippen LogP contribution in [0.15, 0.2) is 52.9 Å². The summed E-state index contributed by atoms with van der Waals surface area (Å²) in [6.45, 7) is 4.28. The Morgan fingerprint density at radius 2 is 1.65 bits per heavy atom. The van der Waals surface area contributed by atoms with Crippen LogP contribution in [0.3, 0.4) is 0 Å². The van der Waals surface area contributed by atoms with Crippen LogP contribution in [-0.2, 0) is 26.5 Å². The number of nitro benzene ring substituents is 1. The first kappa shape index (κ1) is 25.4. The molecule has 0 saturated heterocycles. The molecule has 2 aromatic carbocycles. The van der Waals surface area contributed by atoms with Crippen molar-refractivity contribution in [1.29, 1.82) is 0 Å². The number of non-ortho nitro benzene ring substituents is 1. The summed E-state index contributed by atoms with van der Waals surface area (Å²) >= 11 is 0. The first-order valence-electron chi connectivity index (χ1n) is 10.9. The lowest BCUT2D eigenvalue weighted by Gasteiger charge is -2.15. The van der Waals surface area contributed by atoms with Crippen LogP contribution in [0.25, 0.3) is 0 Å². The molecule has 11 heteroatoms. The molecular weight excluding hydrogens is 461 g/mol. The number of hydrogen-bond acceptors (Lipinski definition) is 9. The summed E-state index contributed by atoms with van der Waals surface area (Å²) in [5, 5.41) is 14.0. The average molecular weight is 489 g/mol. The van der Waals surface area contributed by atoms with Gasteiger partial charge in [0.15, 0.2) is 0 Å². The number of ether oxygens (including phenoxy) is 1. The fourth-order valence-electron chi connectivity index (χ4n) is 3.25. The zero-order chi connectivity index (χ0) is 24.6. The van der Waals surface area contributed by atoms with Gasteiger partial charge in [-0.3, -0.25) is 14.7 Å². The maximum Gasteiger partial charge on any atom is 0.385 e. The van der Waals surface area contributed by atoms with Gasteiger partial charge in [-0.15, -0.1) is 0 Å². The van der Waals surface area contributed by atoms with E-state index < -0.39 is 12.5 Å². The van der Waals surface area contributed by atoms with Gasteiger partial charge in [-0.1, -0.05) is 24.3 Å². The number of oxazole rings is 1. The number of benzene rings is 2. The molecule has 0 radical (unpaired) electrons. The van der Waals surface area contributed by atoms with Crippen LogP contribution in [0.4, 0.5) is 11.6 Å². The number of nitrogens with zero attached hydrogens (tertiary/aromatic N) is 2. The van der Waals surface area contributed by atoms with Crippen molar-refractivity contribution in [3.63, 3.8) is 0 Å². The molecule has 3 aromatic rings. The molecule has 0 aliphatic heterocycles. The van der Waals surface area contributed by atoms with Crippen LogP contribution in [-0.4, -0.2) is 36.8 Å². The lowest BCUT2D eigenvalue weighted by molar-refractivity contribution is -0.384. The van der Waals surface area contributed by atoms with Crippen molar-refractivity contribution in [2.45, 2.75) is 26.7 Å². The fraction of sp³-hybridized carbons (Fsp3) is 0.348. The van der Waals surface area contributed by atoms with Crippen molar-refractivity contribution >= 4 is 24.6 Å². The Kier molecular flexibility index (Phi) is 8.81. The summed E-state index contributed by atoms with van der Waals surface area (Å²) in [4.78, 5) is 14.9. The average Bonchev–Trinajstić information content (AvgIpc) is 3.23. The summed E-state index contributed by atoms with van der Waals surface area (Å²) in [5.74, 6) is 1.28. The SMILES string of the molecule is CCOP(=O)(OCC)c1nc(Cc2ccc([N+](=O)[O-])cc2)oc1NCCc1ccc(OC)cc1. The molecule has 0 bridgehead atoms. The maximum atomic E-state index is 13.4. The van der Waals surface area contributed by atoms with E-state index in [0.29, 0.717) is 13.0 Å². The van der Waals surface area contributed by atoms with Crippen LogP contribution in [0.2, 0.25) is 0 Å². The predicted octanol–water partition coefficient (Wildman–Crippen LogP) is 4.73. The highest BCUT2D eigenvalue weighted by Crippen LogP contribution is 2.48. The zero-order valence-corrected chi connectivity index (χ0v) is 20.2. The molecule has 0 atom stereocenters. The zero-order valence-electron chi connectivity index (χ0n) is 19.4. The van der Waals surface area contributed by atoms with Gasteiger partial charge in [0.1, 0.15) is 5.75 Å². The van der Waals surface area contributed by atoms with E-state index in [1.54, 1.807) is 33.1 Å². The molecule has 0 unspecified atom stereocenters. The van der Waals surface area contributed by atoms with E-state index >= 15 is 0 Å². The Balaban J connectivity index is 1.81. The van der Waals surface area contributed by atoms with Crippen LogP contribution < -0.4 is 15.5 Å². The molecule has 0 saturated carbocycles. The Morgan fingerprint density at radius 1 is 1.03 bits per heavy atom. The number of anilines is 1. The lowest BCUT2D eigenvalue weighted by atomic mass is 10.1. The number of aromatic nitrogens is 1. The lowest BCUT2D eigenvalue weighted by Crippen LogP contribution is -2.18. The molecule has 0 spiro atoms. The van der Waals surface area contributed by atoms with E-state index in [9.17, 15) is 14.7 Å². The molecule has 10 nitrogen and oxygen atoms in total. The monoisotopic (exact) mass is 489 g/mol. The molecule has 3 rings (SSSR count). The highest BCUT2D eigenvalue weighted by molar-refractivity contribution is 7.62. The van der Waals surface area contributed by atoms with Gasteiger partial charge in [0.2, 0.25) is 17.2 Å². The van der Waals surface area contributed by atoms with Crippen molar-refractivity contribution < 1.29 is 27.7 Å². The van der Waals surface area contributed by atoms with Crippen molar-refractivity contribution in [2.24, 2.45) is 0 Å². The number of rotatable bonds is 13. The Bertz CT molecular complexity index is 1120. The third-order valence-corrected chi connectivity index (χ3v) is 6.89. The molecule has 1 N–H and O–H groups in total. The van der Waals surface area contributed by atoms with Crippen LogP contribution in [0.1, 0.15) is 30.9 Å². The maximum absolute atomic E-state index is 13.4. The number of nitro groups is 1. The van der Waals surface area contributed by atoms with Crippen molar-refractivity contribution in [3.05, 3.63) is 75.7 Å². The second-order valence-corrected chi connectivity index (χ2v) is 9.15. The predicted molar refractivity (Wildman–Crippen MR) is 128 cm³/mol.